The molecule has 3 saturated carbocycles. The Hall–Kier alpha value is -3.46. The molecule has 268 valence electrons. The zero-order valence-electron chi connectivity index (χ0n) is 29.0. The number of esters is 1. The van der Waals surface area contributed by atoms with Gasteiger partial charge in [-0.25, -0.2) is 9.48 Å². The summed E-state index contributed by atoms with van der Waals surface area (Å²) in [5.74, 6) is -0.645. The van der Waals surface area contributed by atoms with Crippen LogP contribution >= 0.6 is 0 Å². The number of aliphatic hydroxyl groups excluding tert-OH is 2. The molecule has 0 spiro atoms. The van der Waals surface area contributed by atoms with E-state index >= 15 is 0 Å². The molecule has 3 heterocycles. The topological polar surface area (TPSA) is 188 Å². The molecule has 4 fully saturated rings. The SMILES string of the molecule is C=C[C@]1(C)C[C@@H](OC(=O)Cn2cc(CO[C@H]3C[C@H](n4cc(C)c(=O)[nH]c4=O)O[C@@H]3CO)nn2)[C@]2(C)[C@H](C)CC[C@]3(CCC(=O)[C@@H]32)[C@@H](C)[C@@H]1O. The highest BCUT2D eigenvalue weighted by molar-refractivity contribution is 5.85. The van der Waals surface area contributed by atoms with Gasteiger partial charge in [-0.3, -0.25) is 23.9 Å². The lowest BCUT2D eigenvalue weighted by Crippen LogP contribution is -2.63. The number of hydrogen-bond acceptors (Lipinski definition) is 11. The number of nitrogens with zero attached hydrogens (tertiary/aromatic N) is 4. The first kappa shape index (κ1) is 35.4. The molecule has 0 aromatic carbocycles. The van der Waals surface area contributed by atoms with Crippen molar-refractivity contribution in [1.82, 2.24) is 24.5 Å². The van der Waals surface area contributed by atoms with Crippen LogP contribution in [0.2, 0.25) is 0 Å². The van der Waals surface area contributed by atoms with Crippen molar-refractivity contribution in [1.29, 1.82) is 0 Å². The van der Waals surface area contributed by atoms with E-state index < -0.39 is 58.7 Å². The fourth-order valence-corrected chi connectivity index (χ4v) is 9.51. The number of hydrogen-bond donors (Lipinski definition) is 3. The molecule has 2 aromatic rings. The number of nitrogens with one attached hydrogen (secondary N) is 1. The van der Waals surface area contributed by atoms with Gasteiger partial charge in [0.15, 0.2) is 0 Å². The third-order valence-corrected chi connectivity index (χ3v) is 12.7. The lowest BCUT2D eigenvalue weighted by Gasteiger charge is -2.61. The fraction of sp³-hybridized carbons (Fsp3) is 0.714. The minimum Gasteiger partial charge on any atom is -0.460 e. The van der Waals surface area contributed by atoms with Crippen molar-refractivity contribution in [3.05, 3.63) is 57.1 Å². The third kappa shape index (κ3) is 5.93. The second kappa shape index (κ2) is 13.0. The van der Waals surface area contributed by atoms with Gasteiger partial charge in [-0.05, 0) is 49.9 Å². The zero-order chi connectivity index (χ0) is 35.5. The number of ether oxygens (including phenoxy) is 3. The molecule has 6 rings (SSSR count). The highest BCUT2D eigenvalue weighted by Gasteiger charge is 2.68. The molecular weight excluding hydrogens is 634 g/mol. The van der Waals surface area contributed by atoms with Gasteiger partial charge in [0.2, 0.25) is 0 Å². The Labute approximate surface area is 284 Å². The summed E-state index contributed by atoms with van der Waals surface area (Å²) >= 11 is 0. The second-order valence-corrected chi connectivity index (χ2v) is 15.3. The van der Waals surface area contributed by atoms with E-state index in [-0.39, 0.29) is 55.1 Å². The standard InChI is InChI=1S/C35H49N5O9/c1-7-33(5)13-26(34(6)20(3)8-10-35(21(4)30(33)44)11-9-23(42)29(34)35)49-28(43)16-39-15-22(37-38-39)18-47-24-12-27(48-25(24)17-41)40-14-19(2)31(45)36-32(40)46/h7,14-15,20-21,24-27,29-30,41,44H,1,8-13,16-18H2,2-6H3,(H,36,45,46)/t20-,21+,24+,25-,26-,27-,29-,30+,33-,34+,35+/m1/s1. The van der Waals surface area contributed by atoms with E-state index in [0.29, 0.717) is 24.1 Å². The number of ketones is 1. The monoisotopic (exact) mass is 683 g/mol. The number of H-pyrrole nitrogens is 1. The first-order chi connectivity index (χ1) is 23.2. The first-order valence-electron chi connectivity index (χ1n) is 17.3. The van der Waals surface area contributed by atoms with Gasteiger partial charge in [0.1, 0.15) is 36.5 Å². The van der Waals surface area contributed by atoms with Crippen LogP contribution in [0.3, 0.4) is 0 Å². The van der Waals surface area contributed by atoms with Gasteiger partial charge in [-0.1, -0.05) is 39.0 Å². The number of aromatic nitrogens is 5. The van der Waals surface area contributed by atoms with Crippen LogP contribution in [0, 0.1) is 40.9 Å². The number of aromatic amines is 1. The maximum absolute atomic E-state index is 13.6. The number of rotatable bonds is 9. The second-order valence-electron chi connectivity index (χ2n) is 15.3. The maximum atomic E-state index is 13.6. The Balaban J connectivity index is 1.15. The minimum atomic E-state index is -0.747. The van der Waals surface area contributed by atoms with Crippen LogP contribution in [0.25, 0.3) is 0 Å². The zero-order valence-corrected chi connectivity index (χ0v) is 29.0. The van der Waals surface area contributed by atoms with E-state index in [1.807, 2.05) is 6.92 Å². The van der Waals surface area contributed by atoms with Crippen molar-refractivity contribution in [2.24, 2.45) is 34.0 Å². The molecule has 11 atom stereocenters. The Kier molecular flexibility index (Phi) is 9.40. The van der Waals surface area contributed by atoms with Crippen molar-refractivity contribution < 1.29 is 34.0 Å². The first-order valence-corrected chi connectivity index (χ1v) is 17.3. The van der Waals surface area contributed by atoms with Crippen molar-refractivity contribution in [3.63, 3.8) is 0 Å². The maximum Gasteiger partial charge on any atom is 0.330 e. The molecule has 4 aliphatic rings. The van der Waals surface area contributed by atoms with Gasteiger partial charge in [-0.15, -0.1) is 11.7 Å². The molecule has 0 unspecified atom stereocenters. The summed E-state index contributed by atoms with van der Waals surface area (Å²) in [7, 11) is 0. The van der Waals surface area contributed by atoms with Gasteiger partial charge in [0.25, 0.3) is 5.56 Å². The predicted molar refractivity (Wildman–Crippen MR) is 175 cm³/mol. The Morgan fingerprint density at radius 2 is 1.98 bits per heavy atom. The van der Waals surface area contributed by atoms with Crippen LogP contribution in [0.1, 0.15) is 83.7 Å². The number of aryl methyl sites for hydroxylation is 1. The quantitative estimate of drug-likeness (QED) is 0.260. The molecule has 3 aliphatic carbocycles. The molecule has 0 amide bonds. The summed E-state index contributed by atoms with van der Waals surface area (Å²) in [6, 6.07) is 0. The van der Waals surface area contributed by atoms with Gasteiger partial charge in [0, 0.05) is 41.3 Å². The van der Waals surface area contributed by atoms with Crippen molar-refractivity contribution >= 4 is 11.8 Å². The van der Waals surface area contributed by atoms with E-state index in [9.17, 15) is 29.4 Å². The summed E-state index contributed by atoms with van der Waals surface area (Å²) in [5, 5.41) is 29.9. The average Bonchev–Trinajstić information content (AvgIpc) is 3.79. The summed E-state index contributed by atoms with van der Waals surface area (Å²) < 4.78 is 20.8. The Morgan fingerprint density at radius 3 is 2.69 bits per heavy atom. The predicted octanol–water partition coefficient (Wildman–Crippen LogP) is 2.21. The number of Topliss-reactive ketones (excluding diaryl/α,β-unsaturated/α-hetero) is 1. The molecule has 2 bridgehead atoms. The molecule has 1 aliphatic heterocycles. The number of aliphatic hydroxyl groups is 2. The Bertz CT molecular complexity index is 1720. The average molecular weight is 684 g/mol. The van der Waals surface area contributed by atoms with Gasteiger partial charge in [-0.2, -0.15) is 0 Å². The van der Waals surface area contributed by atoms with Crippen LogP contribution < -0.4 is 11.2 Å². The molecule has 0 radical (unpaired) electrons. The molecule has 1 saturated heterocycles. The number of carbonyl (C=O) groups excluding carboxylic acids is 2. The molecule has 14 heteroatoms. The van der Waals surface area contributed by atoms with Crippen LogP contribution in [0.5, 0.6) is 0 Å². The van der Waals surface area contributed by atoms with Crippen LogP contribution in [-0.2, 0) is 37.0 Å². The highest BCUT2D eigenvalue weighted by Crippen LogP contribution is 2.68. The van der Waals surface area contributed by atoms with E-state index in [2.05, 4.69) is 42.6 Å². The third-order valence-electron chi connectivity index (χ3n) is 12.7. The molecule has 2 aromatic heterocycles. The molecule has 14 nitrogen and oxygen atoms in total. The van der Waals surface area contributed by atoms with Crippen LogP contribution in [0.15, 0.2) is 34.6 Å². The molecule has 3 N–H and O–H groups in total. The summed E-state index contributed by atoms with van der Waals surface area (Å²) in [6.45, 7) is 13.4. The van der Waals surface area contributed by atoms with Gasteiger partial charge >= 0.3 is 11.7 Å². The summed E-state index contributed by atoms with van der Waals surface area (Å²) in [5.41, 5.74) is -2.02. The minimum absolute atomic E-state index is 0.00366. The molecule has 49 heavy (non-hydrogen) atoms. The van der Waals surface area contributed by atoms with Gasteiger partial charge in [0.05, 0.1) is 31.6 Å². The van der Waals surface area contributed by atoms with E-state index in [4.69, 9.17) is 14.2 Å². The highest BCUT2D eigenvalue weighted by atomic mass is 16.6. The van der Waals surface area contributed by atoms with E-state index in [1.54, 1.807) is 19.2 Å². The Morgan fingerprint density at radius 1 is 1.22 bits per heavy atom. The van der Waals surface area contributed by atoms with E-state index in [0.717, 1.165) is 19.3 Å². The number of carbonyl (C=O) groups is 2. The normalized spacial score (nSPS) is 38.9. The summed E-state index contributed by atoms with van der Waals surface area (Å²) in [4.78, 5) is 53.6. The fourth-order valence-electron chi connectivity index (χ4n) is 9.51. The van der Waals surface area contributed by atoms with Crippen LogP contribution in [-0.4, -0.2) is 77.5 Å². The molecular formula is C35H49N5O9. The van der Waals surface area contributed by atoms with Gasteiger partial charge < -0.3 is 24.4 Å². The van der Waals surface area contributed by atoms with Crippen molar-refractivity contribution in [2.75, 3.05) is 6.61 Å². The van der Waals surface area contributed by atoms with E-state index in [1.165, 1.54) is 15.4 Å². The lowest BCUT2D eigenvalue weighted by atomic mass is 9.44. The van der Waals surface area contributed by atoms with Crippen LogP contribution in [0.4, 0.5) is 0 Å². The smallest absolute Gasteiger partial charge is 0.330 e. The van der Waals surface area contributed by atoms with Crippen molar-refractivity contribution in [3.8, 4) is 0 Å². The lowest BCUT2D eigenvalue weighted by molar-refractivity contribution is -0.207. The summed E-state index contributed by atoms with van der Waals surface area (Å²) in [6.07, 6.45) is 4.87. The van der Waals surface area contributed by atoms with Crippen molar-refractivity contribution in [2.45, 2.75) is 117 Å². The largest absolute Gasteiger partial charge is 0.460 e.